The van der Waals surface area contributed by atoms with Gasteiger partial charge in [-0.25, -0.2) is 4.79 Å². The molecule has 2 aromatic rings. The second-order valence-corrected chi connectivity index (χ2v) is 8.66. The normalized spacial score (nSPS) is 23.2. The van der Waals surface area contributed by atoms with Gasteiger partial charge in [0.25, 0.3) is 0 Å². The molecule has 0 spiro atoms. The number of amides is 2. The number of halogens is 1. The molecule has 2 aliphatic rings. The van der Waals surface area contributed by atoms with Crippen LogP contribution < -0.4 is 5.32 Å². The molecule has 3 heterocycles. The number of ether oxygens (including phenoxy) is 1. The number of likely N-dealkylation sites (tertiary alicyclic amines) is 1. The van der Waals surface area contributed by atoms with Crippen LogP contribution in [0.25, 0.3) is 10.9 Å². The van der Waals surface area contributed by atoms with Gasteiger partial charge in [0.2, 0.25) is 5.91 Å². The number of rotatable bonds is 5. The number of nitrogens with zero attached hydrogens (tertiary/aromatic N) is 3. The average Bonchev–Trinajstić information content (AvgIpc) is 3.35. The van der Waals surface area contributed by atoms with Crippen LogP contribution in [-0.4, -0.2) is 51.7 Å². The van der Waals surface area contributed by atoms with Gasteiger partial charge in [-0.2, -0.15) is 0 Å². The molecule has 1 fully saturated rings. The Kier molecular flexibility index (Phi) is 6.17. The summed E-state index contributed by atoms with van der Waals surface area (Å²) in [4.78, 5) is 36.5. The maximum atomic E-state index is 12.7. The summed E-state index contributed by atoms with van der Waals surface area (Å²) in [5.41, 5.74) is 1.70. The summed E-state index contributed by atoms with van der Waals surface area (Å²) in [5, 5.41) is 7.67. The number of oxime groups is 1. The molecule has 0 radical (unpaired) electrons. The average molecular weight is 475 g/mol. The summed E-state index contributed by atoms with van der Waals surface area (Å²) in [6.45, 7) is 2.96. The number of hydrogen-bond acceptors (Lipinski definition) is 6. The molecular weight excluding hydrogens is 452 g/mol. The molecule has 2 amide bonds. The number of aromatic nitrogens is 1. The summed E-state index contributed by atoms with van der Waals surface area (Å²) in [6.07, 6.45) is 2.24. The van der Waals surface area contributed by atoms with E-state index in [1.54, 1.807) is 6.20 Å². The summed E-state index contributed by atoms with van der Waals surface area (Å²) < 4.78 is 6.23. The van der Waals surface area contributed by atoms with Crippen molar-refractivity contribution in [1.29, 1.82) is 0 Å². The Balaban J connectivity index is 1.33. The van der Waals surface area contributed by atoms with Crippen molar-refractivity contribution in [2.75, 3.05) is 13.1 Å². The molecule has 9 heteroatoms. The number of pyridine rings is 1. The van der Waals surface area contributed by atoms with Crippen molar-refractivity contribution in [2.24, 2.45) is 11.1 Å². The Labute approximate surface area is 182 Å². The Bertz CT molecular complexity index is 982. The summed E-state index contributed by atoms with van der Waals surface area (Å²) in [6, 6.07) is 9.17. The zero-order valence-corrected chi connectivity index (χ0v) is 18.2. The first-order valence-electron chi connectivity index (χ1n) is 9.92. The van der Waals surface area contributed by atoms with Crippen molar-refractivity contribution >= 4 is 43.5 Å². The van der Waals surface area contributed by atoms with Crippen molar-refractivity contribution in [3.05, 3.63) is 42.1 Å². The van der Waals surface area contributed by atoms with Gasteiger partial charge < -0.3 is 14.9 Å². The highest BCUT2D eigenvalue weighted by Crippen LogP contribution is 2.24. The quantitative estimate of drug-likeness (QED) is 0.717. The maximum absolute atomic E-state index is 12.7. The predicted octanol–water partition coefficient (Wildman–Crippen LogP) is 3.20. The second kappa shape index (κ2) is 8.99. The zero-order chi connectivity index (χ0) is 21.1. The number of para-hydroxylation sites is 1. The van der Waals surface area contributed by atoms with Gasteiger partial charge in [-0.1, -0.05) is 30.3 Å². The molecule has 0 aliphatic carbocycles. The Morgan fingerprint density at radius 2 is 2.20 bits per heavy atom. The fourth-order valence-corrected chi connectivity index (χ4v) is 4.20. The topological polar surface area (TPSA) is 93.1 Å². The van der Waals surface area contributed by atoms with Crippen LogP contribution in [-0.2, 0) is 21.0 Å². The third kappa shape index (κ3) is 4.72. The zero-order valence-electron chi connectivity index (χ0n) is 16.6. The Morgan fingerprint density at radius 1 is 1.37 bits per heavy atom. The number of hydrogen-bond donors (Lipinski definition) is 1. The smallest absolute Gasteiger partial charge is 0.410 e. The van der Waals surface area contributed by atoms with Gasteiger partial charge in [0.15, 0.2) is 6.10 Å². The fraction of sp³-hybridized carbons (Fsp3) is 0.429. The first-order chi connectivity index (χ1) is 14.5. The van der Waals surface area contributed by atoms with E-state index in [4.69, 9.17) is 9.57 Å². The van der Waals surface area contributed by atoms with Crippen LogP contribution in [0, 0.1) is 5.92 Å². The minimum Gasteiger partial charge on any atom is -0.444 e. The van der Waals surface area contributed by atoms with Crippen molar-refractivity contribution in [1.82, 2.24) is 15.2 Å². The molecule has 3 atom stereocenters. The highest BCUT2D eigenvalue weighted by Gasteiger charge is 2.39. The standard InChI is InChI=1S/C21H23BrN4O4/c1-13-6-18(20(27)24-10-16-8-19(22)25-30-16)26(11-13)21(28)29-12-14-7-15-4-2-3-5-17(15)23-9-14/h2-5,7,9,13,16,18H,6,8,10-12H2,1H3,(H,24,27)/t13-,16+,18+/m1/s1. The van der Waals surface area contributed by atoms with E-state index < -0.39 is 12.1 Å². The van der Waals surface area contributed by atoms with Gasteiger partial charge in [-0.05, 0) is 40.4 Å². The van der Waals surface area contributed by atoms with E-state index in [-0.39, 0.29) is 24.5 Å². The molecule has 0 bridgehead atoms. The SMILES string of the molecule is C[C@@H]1C[C@@H](C(=O)NC[C@@H]2CC(Br)=NO2)N(C(=O)OCc2cnc3ccccc3c2)C1. The highest BCUT2D eigenvalue weighted by molar-refractivity contribution is 9.18. The van der Waals surface area contributed by atoms with E-state index in [9.17, 15) is 9.59 Å². The van der Waals surface area contributed by atoms with Crippen LogP contribution >= 0.6 is 15.9 Å². The van der Waals surface area contributed by atoms with Crippen LogP contribution in [0.4, 0.5) is 4.79 Å². The van der Waals surface area contributed by atoms with E-state index in [1.165, 1.54) is 4.90 Å². The van der Waals surface area contributed by atoms with Crippen LogP contribution in [0.3, 0.4) is 0 Å². The van der Waals surface area contributed by atoms with Gasteiger partial charge >= 0.3 is 6.09 Å². The van der Waals surface area contributed by atoms with Gasteiger partial charge in [0.05, 0.1) is 12.1 Å². The molecule has 1 aromatic heterocycles. The van der Waals surface area contributed by atoms with E-state index >= 15 is 0 Å². The maximum Gasteiger partial charge on any atom is 0.410 e. The van der Waals surface area contributed by atoms with E-state index in [1.807, 2.05) is 37.3 Å². The van der Waals surface area contributed by atoms with Crippen molar-refractivity contribution in [3.63, 3.8) is 0 Å². The molecule has 4 rings (SSSR count). The number of carbonyl (C=O) groups is 2. The number of benzene rings is 1. The lowest BCUT2D eigenvalue weighted by Gasteiger charge is -2.23. The molecule has 1 N–H and O–H groups in total. The molecule has 158 valence electrons. The summed E-state index contributed by atoms with van der Waals surface area (Å²) in [7, 11) is 0. The van der Waals surface area contributed by atoms with E-state index in [2.05, 4.69) is 31.4 Å². The van der Waals surface area contributed by atoms with Gasteiger partial charge in [-0.15, -0.1) is 0 Å². The monoisotopic (exact) mass is 474 g/mol. The Morgan fingerprint density at radius 3 is 3.00 bits per heavy atom. The largest absolute Gasteiger partial charge is 0.444 e. The van der Waals surface area contributed by atoms with Gasteiger partial charge in [-0.3, -0.25) is 14.7 Å². The van der Waals surface area contributed by atoms with Crippen LogP contribution in [0.5, 0.6) is 0 Å². The molecule has 1 saturated heterocycles. The lowest BCUT2D eigenvalue weighted by Crippen LogP contribution is -2.47. The fourth-order valence-electron chi connectivity index (χ4n) is 3.76. The summed E-state index contributed by atoms with van der Waals surface area (Å²) >= 11 is 3.28. The first-order valence-corrected chi connectivity index (χ1v) is 10.7. The van der Waals surface area contributed by atoms with Crippen LogP contribution in [0.15, 0.2) is 41.7 Å². The minimum absolute atomic E-state index is 0.108. The molecular formula is C21H23BrN4O4. The molecule has 8 nitrogen and oxygen atoms in total. The molecule has 1 aromatic carbocycles. The highest BCUT2D eigenvalue weighted by atomic mass is 79.9. The third-order valence-corrected chi connectivity index (χ3v) is 5.73. The van der Waals surface area contributed by atoms with Crippen molar-refractivity contribution < 1.29 is 19.2 Å². The summed E-state index contributed by atoms with van der Waals surface area (Å²) in [5.74, 6) is 0.0196. The number of carbonyl (C=O) groups excluding carboxylic acids is 2. The molecule has 0 unspecified atom stereocenters. The van der Waals surface area contributed by atoms with Crippen molar-refractivity contribution in [3.8, 4) is 0 Å². The number of fused-ring (bicyclic) bond motifs is 1. The van der Waals surface area contributed by atoms with E-state index in [0.717, 1.165) is 21.1 Å². The molecule has 0 saturated carbocycles. The third-order valence-electron chi connectivity index (χ3n) is 5.26. The van der Waals surface area contributed by atoms with Gasteiger partial charge in [0.1, 0.15) is 17.3 Å². The minimum atomic E-state index is -0.548. The Hall–Kier alpha value is -2.68. The first kappa shape index (κ1) is 20.6. The molecule has 30 heavy (non-hydrogen) atoms. The second-order valence-electron chi connectivity index (χ2n) is 7.74. The predicted molar refractivity (Wildman–Crippen MR) is 115 cm³/mol. The molecule has 2 aliphatic heterocycles. The lowest BCUT2D eigenvalue weighted by atomic mass is 10.1. The van der Waals surface area contributed by atoms with E-state index in [0.29, 0.717) is 25.9 Å². The van der Waals surface area contributed by atoms with Crippen LogP contribution in [0.1, 0.15) is 25.3 Å². The lowest BCUT2D eigenvalue weighted by molar-refractivity contribution is -0.125. The van der Waals surface area contributed by atoms with Crippen molar-refractivity contribution in [2.45, 2.75) is 38.5 Å². The van der Waals surface area contributed by atoms with Gasteiger partial charge in [0, 0.05) is 30.1 Å². The number of nitrogens with one attached hydrogen (secondary N) is 1. The van der Waals surface area contributed by atoms with Crippen LogP contribution in [0.2, 0.25) is 0 Å².